The first-order valence-corrected chi connectivity index (χ1v) is 3.57. The summed E-state index contributed by atoms with van der Waals surface area (Å²) in [5.41, 5.74) is 0. The van der Waals surface area contributed by atoms with Gasteiger partial charge in [0.2, 0.25) is 5.91 Å². The molecule has 0 bridgehead atoms. The number of nitrogens with one attached hydrogen (secondary N) is 3. The average Bonchev–Trinajstić information content (AvgIpc) is 2.04. The predicted molar refractivity (Wildman–Crippen MR) is 57.2 cm³/mol. The van der Waals surface area contributed by atoms with Gasteiger partial charge in [0.25, 0.3) is 0 Å². The molecule has 0 radical (unpaired) electrons. The SMILES string of the molecule is C.CNC(=S)NC.CNC(C)=O. The summed E-state index contributed by atoms with van der Waals surface area (Å²) in [6.07, 6.45) is 0. The van der Waals surface area contributed by atoms with Gasteiger partial charge in [-0.15, -0.1) is 0 Å². The second-order valence-corrected chi connectivity index (χ2v) is 2.04. The standard InChI is InChI=1S/C3H8N2S.C3H7NO.CH4/c1-4-3(6)5-2;1-3(5)4-2;/h1-2H3,(H2,4,5,6);1-2H3,(H,4,5);1H4. The van der Waals surface area contributed by atoms with E-state index < -0.39 is 0 Å². The molecule has 5 heteroatoms. The second-order valence-electron chi connectivity index (χ2n) is 1.64. The van der Waals surface area contributed by atoms with Crippen LogP contribution in [-0.4, -0.2) is 32.2 Å². The largest absolute Gasteiger partial charge is 0.366 e. The van der Waals surface area contributed by atoms with Crippen molar-refractivity contribution in [2.24, 2.45) is 0 Å². The van der Waals surface area contributed by atoms with E-state index in [4.69, 9.17) is 0 Å². The van der Waals surface area contributed by atoms with Crippen LogP contribution in [0.5, 0.6) is 0 Å². The first-order valence-electron chi connectivity index (χ1n) is 3.16. The van der Waals surface area contributed by atoms with Gasteiger partial charge in [0.05, 0.1) is 0 Å². The monoisotopic (exact) mass is 193 g/mol. The number of amides is 1. The van der Waals surface area contributed by atoms with Crippen LogP contribution in [0.25, 0.3) is 0 Å². The minimum atomic E-state index is 0. The summed E-state index contributed by atoms with van der Waals surface area (Å²) in [6, 6.07) is 0. The topological polar surface area (TPSA) is 53.2 Å². The Hall–Kier alpha value is -0.840. The van der Waals surface area contributed by atoms with Crippen LogP contribution in [0.1, 0.15) is 14.4 Å². The molecule has 12 heavy (non-hydrogen) atoms. The van der Waals surface area contributed by atoms with Gasteiger partial charge in [-0.1, -0.05) is 7.43 Å². The van der Waals surface area contributed by atoms with Crippen LogP contribution >= 0.6 is 12.2 Å². The molecule has 0 fully saturated rings. The molecule has 3 N–H and O–H groups in total. The van der Waals surface area contributed by atoms with Gasteiger partial charge < -0.3 is 16.0 Å². The average molecular weight is 193 g/mol. The molecule has 0 heterocycles. The molecule has 0 aromatic rings. The Morgan fingerprint density at radius 3 is 1.33 bits per heavy atom. The minimum absolute atomic E-state index is 0. The fraction of sp³-hybridized carbons (Fsp3) is 0.714. The Morgan fingerprint density at radius 2 is 1.33 bits per heavy atom. The van der Waals surface area contributed by atoms with Gasteiger partial charge in [0.1, 0.15) is 0 Å². The summed E-state index contributed by atoms with van der Waals surface area (Å²) in [5, 5.41) is 8.53. The molecule has 0 aromatic carbocycles. The number of carbonyl (C=O) groups is 1. The van der Waals surface area contributed by atoms with Crippen molar-refractivity contribution in [3.8, 4) is 0 Å². The van der Waals surface area contributed by atoms with Crippen LogP contribution in [0, 0.1) is 0 Å². The summed E-state index contributed by atoms with van der Waals surface area (Å²) in [7, 11) is 5.15. The van der Waals surface area contributed by atoms with Gasteiger partial charge in [-0.3, -0.25) is 4.79 Å². The number of hydrogen-bond donors (Lipinski definition) is 3. The highest BCUT2D eigenvalue weighted by Gasteiger charge is 1.75. The molecule has 1 amide bonds. The van der Waals surface area contributed by atoms with Gasteiger partial charge in [-0.2, -0.15) is 0 Å². The van der Waals surface area contributed by atoms with Crippen LogP contribution in [0.3, 0.4) is 0 Å². The lowest BCUT2D eigenvalue weighted by molar-refractivity contribution is -0.118. The van der Waals surface area contributed by atoms with Crippen molar-refractivity contribution < 1.29 is 4.79 Å². The molecule has 0 saturated heterocycles. The molecule has 0 aromatic heterocycles. The quantitative estimate of drug-likeness (QED) is 0.478. The lowest BCUT2D eigenvalue weighted by atomic mass is 10.7. The molecule has 74 valence electrons. The van der Waals surface area contributed by atoms with Crippen LogP contribution in [0.15, 0.2) is 0 Å². The van der Waals surface area contributed by atoms with Crippen molar-refractivity contribution in [2.45, 2.75) is 14.4 Å². The summed E-state index contributed by atoms with van der Waals surface area (Å²) in [4.78, 5) is 9.70. The summed E-state index contributed by atoms with van der Waals surface area (Å²) in [5.74, 6) is 0.00463. The Morgan fingerprint density at radius 1 is 1.08 bits per heavy atom. The number of rotatable bonds is 0. The van der Waals surface area contributed by atoms with Crippen molar-refractivity contribution in [1.82, 2.24) is 16.0 Å². The predicted octanol–water partition coefficient (Wildman–Crippen LogP) is 0.0985. The molecule has 0 aliphatic carbocycles. The third-order valence-corrected chi connectivity index (χ3v) is 1.21. The van der Waals surface area contributed by atoms with Gasteiger partial charge in [-0.25, -0.2) is 0 Å². The Bertz CT molecular complexity index is 122. The first-order chi connectivity index (χ1) is 5.08. The zero-order chi connectivity index (χ0) is 9.28. The molecule has 0 spiro atoms. The van der Waals surface area contributed by atoms with E-state index in [-0.39, 0.29) is 13.3 Å². The summed E-state index contributed by atoms with van der Waals surface area (Å²) < 4.78 is 0. The zero-order valence-electron chi connectivity index (χ0n) is 7.32. The fourth-order valence-corrected chi connectivity index (χ4v) is 0.125. The molecular formula is C7H19N3OS. The van der Waals surface area contributed by atoms with Crippen molar-refractivity contribution in [3.63, 3.8) is 0 Å². The van der Waals surface area contributed by atoms with E-state index >= 15 is 0 Å². The second kappa shape index (κ2) is 12.8. The number of thiocarbonyl (C=S) groups is 1. The zero-order valence-corrected chi connectivity index (χ0v) is 8.13. The van der Waals surface area contributed by atoms with E-state index in [1.165, 1.54) is 6.92 Å². The Labute approximate surface area is 80.1 Å². The van der Waals surface area contributed by atoms with E-state index in [2.05, 4.69) is 28.2 Å². The highest BCUT2D eigenvalue weighted by Crippen LogP contribution is 1.52. The lowest BCUT2D eigenvalue weighted by Crippen LogP contribution is -2.28. The van der Waals surface area contributed by atoms with Crippen LogP contribution < -0.4 is 16.0 Å². The first kappa shape index (κ1) is 17.3. The summed E-state index contributed by atoms with van der Waals surface area (Å²) >= 11 is 4.63. The lowest BCUT2D eigenvalue weighted by Gasteiger charge is -1.95. The maximum atomic E-state index is 9.70. The van der Waals surface area contributed by atoms with E-state index in [1.807, 2.05) is 0 Å². The van der Waals surface area contributed by atoms with Crippen molar-refractivity contribution in [2.75, 3.05) is 21.1 Å². The summed E-state index contributed by atoms with van der Waals surface area (Å²) in [6.45, 7) is 1.47. The van der Waals surface area contributed by atoms with Crippen molar-refractivity contribution in [3.05, 3.63) is 0 Å². The fourth-order valence-electron chi connectivity index (χ4n) is 0.125. The molecule has 0 rings (SSSR count). The van der Waals surface area contributed by atoms with Crippen molar-refractivity contribution >= 4 is 23.2 Å². The van der Waals surface area contributed by atoms with Crippen LogP contribution in [0.2, 0.25) is 0 Å². The van der Waals surface area contributed by atoms with Gasteiger partial charge >= 0.3 is 0 Å². The van der Waals surface area contributed by atoms with E-state index in [0.717, 1.165) is 0 Å². The number of hydrogen-bond acceptors (Lipinski definition) is 2. The third kappa shape index (κ3) is 22.9. The van der Waals surface area contributed by atoms with E-state index in [0.29, 0.717) is 5.11 Å². The van der Waals surface area contributed by atoms with Gasteiger partial charge in [-0.05, 0) is 12.2 Å². The molecule has 0 atom stereocenters. The molecule has 0 aliphatic rings. The Kier molecular flexibility index (Phi) is 18.5. The number of carbonyl (C=O) groups excluding carboxylic acids is 1. The highest BCUT2D eigenvalue weighted by molar-refractivity contribution is 7.80. The van der Waals surface area contributed by atoms with Crippen LogP contribution in [-0.2, 0) is 4.79 Å². The van der Waals surface area contributed by atoms with E-state index in [9.17, 15) is 4.79 Å². The normalized spacial score (nSPS) is 6.33. The van der Waals surface area contributed by atoms with Gasteiger partial charge in [0, 0.05) is 28.1 Å². The van der Waals surface area contributed by atoms with E-state index in [1.54, 1.807) is 21.1 Å². The molecule has 0 unspecified atom stereocenters. The molecule has 0 saturated carbocycles. The Balaban J connectivity index is -0.000000126. The maximum Gasteiger partial charge on any atom is 0.216 e. The van der Waals surface area contributed by atoms with Crippen LogP contribution in [0.4, 0.5) is 0 Å². The highest BCUT2D eigenvalue weighted by atomic mass is 32.1. The third-order valence-electron chi connectivity index (χ3n) is 0.806. The molecular weight excluding hydrogens is 174 g/mol. The van der Waals surface area contributed by atoms with Crippen molar-refractivity contribution in [1.29, 1.82) is 0 Å². The smallest absolute Gasteiger partial charge is 0.216 e. The van der Waals surface area contributed by atoms with Gasteiger partial charge in [0.15, 0.2) is 5.11 Å². The maximum absolute atomic E-state index is 9.70. The minimum Gasteiger partial charge on any atom is -0.366 e. The molecule has 0 aliphatic heterocycles. The molecule has 4 nitrogen and oxygen atoms in total.